The van der Waals surface area contributed by atoms with Gasteiger partial charge in [-0.15, -0.1) is 0 Å². The van der Waals surface area contributed by atoms with Gasteiger partial charge in [-0.1, -0.05) is 108 Å². The quantitative estimate of drug-likeness (QED) is 0.165. The molecule has 0 spiro atoms. The molecule has 3 heteroatoms. The molecule has 0 aliphatic carbocycles. The van der Waals surface area contributed by atoms with E-state index in [0.29, 0.717) is 0 Å². The van der Waals surface area contributed by atoms with Crippen molar-refractivity contribution in [1.82, 2.24) is 9.97 Å². The van der Waals surface area contributed by atoms with Crippen LogP contribution >= 0.6 is 0 Å². The number of fused-ring (bicyclic) bond motifs is 1. The average Bonchev–Trinajstić information content (AvgIpc) is 3.08. The second kappa shape index (κ2) is 12.9. The largest absolute Gasteiger partial charge is 0.293 e. The van der Waals surface area contributed by atoms with Crippen LogP contribution in [0.4, 0.5) is 17.2 Å². The van der Waals surface area contributed by atoms with Crippen molar-refractivity contribution in [3.63, 3.8) is 0 Å². The Morgan fingerprint density at radius 2 is 1.15 bits per heavy atom. The molecule has 6 aromatic carbocycles. The standard InChI is InChI=1S/C45H41N3/c1-29-24-31(3)42(32(4)25-29)45(43-33(5)26-30(2)27-34(43)6)37-16-19-38(20-17-37)48(41-28-46-22-23-47-41)40-21-18-35-12-10-11-15-39(35)44(40)36-13-8-7-9-14-36/h7-28,45H,1-6H3. The van der Waals surface area contributed by atoms with E-state index in [9.17, 15) is 0 Å². The van der Waals surface area contributed by atoms with Gasteiger partial charge in [-0.2, -0.15) is 0 Å². The van der Waals surface area contributed by atoms with Gasteiger partial charge in [0.1, 0.15) is 0 Å². The Bertz CT molecular complexity index is 2130. The van der Waals surface area contributed by atoms with Gasteiger partial charge in [-0.05, 0) is 115 Å². The fraction of sp³-hybridized carbons (Fsp3) is 0.156. The van der Waals surface area contributed by atoms with Gasteiger partial charge in [-0.3, -0.25) is 9.88 Å². The molecule has 0 saturated carbocycles. The Balaban J connectivity index is 1.44. The Labute approximate surface area is 284 Å². The lowest BCUT2D eigenvalue weighted by atomic mass is 9.77. The fourth-order valence-corrected chi connectivity index (χ4v) is 7.74. The molecule has 0 saturated heterocycles. The lowest BCUT2D eigenvalue weighted by molar-refractivity contribution is 0.919. The first kappa shape index (κ1) is 31.1. The lowest BCUT2D eigenvalue weighted by Gasteiger charge is -2.29. The highest BCUT2D eigenvalue weighted by atomic mass is 15.2. The van der Waals surface area contributed by atoms with E-state index in [1.54, 1.807) is 12.4 Å². The topological polar surface area (TPSA) is 29.0 Å². The first-order valence-electron chi connectivity index (χ1n) is 16.7. The van der Waals surface area contributed by atoms with Crippen LogP contribution in [0.3, 0.4) is 0 Å². The number of benzene rings is 6. The summed E-state index contributed by atoms with van der Waals surface area (Å²) < 4.78 is 0. The molecule has 0 atom stereocenters. The third kappa shape index (κ3) is 5.77. The van der Waals surface area contributed by atoms with Crippen LogP contribution in [0.1, 0.15) is 56.0 Å². The van der Waals surface area contributed by atoms with Gasteiger partial charge in [0.15, 0.2) is 5.82 Å². The molecule has 0 amide bonds. The van der Waals surface area contributed by atoms with Gasteiger partial charge >= 0.3 is 0 Å². The molecule has 0 fully saturated rings. The predicted octanol–water partition coefficient (Wildman–Crippen LogP) is 11.8. The molecular weight excluding hydrogens is 583 g/mol. The van der Waals surface area contributed by atoms with Crippen molar-refractivity contribution in [2.45, 2.75) is 47.5 Å². The zero-order chi connectivity index (χ0) is 33.4. The van der Waals surface area contributed by atoms with Gasteiger partial charge in [0.25, 0.3) is 0 Å². The van der Waals surface area contributed by atoms with Crippen LogP contribution in [0.15, 0.2) is 134 Å². The Morgan fingerprint density at radius 3 is 1.73 bits per heavy atom. The first-order chi connectivity index (χ1) is 23.3. The smallest absolute Gasteiger partial charge is 0.156 e. The summed E-state index contributed by atoms with van der Waals surface area (Å²) in [7, 11) is 0. The van der Waals surface area contributed by atoms with Crippen molar-refractivity contribution < 1.29 is 0 Å². The number of rotatable bonds is 7. The number of aryl methyl sites for hydroxylation is 6. The van der Waals surface area contributed by atoms with E-state index < -0.39 is 0 Å². The van der Waals surface area contributed by atoms with Crippen molar-refractivity contribution in [3.8, 4) is 11.1 Å². The molecule has 7 aromatic rings. The molecule has 0 unspecified atom stereocenters. The molecule has 0 aliphatic heterocycles. The Hall–Kier alpha value is -5.54. The number of hydrogen-bond donors (Lipinski definition) is 0. The summed E-state index contributed by atoms with van der Waals surface area (Å²) in [6.45, 7) is 13.4. The van der Waals surface area contributed by atoms with E-state index in [0.717, 1.165) is 28.3 Å². The van der Waals surface area contributed by atoms with Crippen LogP contribution in [-0.4, -0.2) is 9.97 Å². The molecule has 236 valence electrons. The third-order valence-electron chi connectivity index (χ3n) is 9.53. The van der Waals surface area contributed by atoms with Crippen LogP contribution in [-0.2, 0) is 0 Å². The van der Waals surface area contributed by atoms with E-state index in [1.807, 2.05) is 6.20 Å². The molecular formula is C45H41N3. The summed E-state index contributed by atoms with van der Waals surface area (Å²) >= 11 is 0. The van der Waals surface area contributed by atoms with E-state index >= 15 is 0 Å². The molecule has 0 bridgehead atoms. The first-order valence-corrected chi connectivity index (χ1v) is 16.7. The second-order valence-electron chi connectivity index (χ2n) is 13.1. The molecule has 3 nitrogen and oxygen atoms in total. The highest BCUT2D eigenvalue weighted by Crippen LogP contribution is 2.45. The van der Waals surface area contributed by atoms with Gasteiger partial charge in [0.2, 0.25) is 0 Å². The van der Waals surface area contributed by atoms with Crippen LogP contribution in [0, 0.1) is 41.5 Å². The van der Waals surface area contributed by atoms with Crippen molar-refractivity contribution in [3.05, 3.63) is 184 Å². The van der Waals surface area contributed by atoms with Gasteiger partial charge in [0, 0.05) is 29.6 Å². The highest BCUT2D eigenvalue weighted by Gasteiger charge is 2.26. The third-order valence-corrected chi connectivity index (χ3v) is 9.53. The molecule has 0 N–H and O–H groups in total. The normalized spacial score (nSPS) is 11.3. The summed E-state index contributed by atoms with van der Waals surface area (Å²) in [6, 6.07) is 42.1. The summed E-state index contributed by atoms with van der Waals surface area (Å²) in [6.07, 6.45) is 5.34. The number of nitrogens with zero attached hydrogens (tertiary/aromatic N) is 3. The number of hydrogen-bond acceptors (Lipinski definition) is 3. The van der Waals surface area contributed by atoms with E-state index in [1.165, 1.54) is 60.8 Å². The van der Waals surface area contributed by atoms with Crippen LogP contribution in [0.25, 0.3) is 21.9 Å². The van der Waals surface area contributed by atoms with Gasteiger partial charge in [0.05, 0.1) is 11.9 Å². The van der Waals surface area contributed by atoms with Gasteiger partial charge in [-0.25, -0.2) is 4.98 Å². The lowest BCUT2D eigenvalue weighted by Crippen LogP contribution is -2.14. The van der Waals surface area contributed by atoms with Crippen molar-refractivity contribution >= 4 is 28.0 Å². The summed E-state index contributed by atoms with van der Waals surface area (Å²) in [4.78, 5) is 11.6. The van der Waals surface area contributed by atoms with E-state index in [-0.39, 0.29) is 5.92 Å². The van der Waals surface area contributed by atoms with E-state index in [2.05, 4.69) is 167 Å². The Kier molecular flexibility index (Phi) is 8.37. The zero-order valence-electron chi connectivity index (χ0n) is 28.6. The van der Waals surface area contributed by atoms with Crippen LogP contribution in [0.2, 0.25) is 0 Å². The molecule has 0 aliphatic rings. The van der Waals surface area contributed by atoms with E-state index in [4.69, 9.17) is 4.98 Å². The maximum absolute atomic E-state index is 4.83. The zero-order valence-corrected chi connectivity index (χ0v) is 28.6. The van der Waals surface area contributed by atoms with Crippen molar-refractivity contribution in [1.29, 1.82) is 0 Å². The van der Waals surface area contributed by atoms with Crippen LogP contribution < -0.4 is 4.90 Å². The van der Waals surface area contributed by atoms with Crippen LogP contribution in [0.5, 0.6) is 0 Å². The molecule has 0 radical (unpaired) electrons. The molecule has 7 rings (SSSR count). The van der Waals surface area contributed by atoms with Gasteiger partial charge < -0.3 is 0 Å². The number of anilines is 3. The second-order valence-corrected chi connectivity index (χ2v) is 13.1. The van der Waals surface area contributed by atoms with Crippen molar-refractivity contribution in [2.24, 2.45) is 0 Å². The minimum absolute atomic E-state index is 0.103. The molecule has 1 aromatic heterocycles. The fourth-order valence-electron chi connectivity index (χ4n) is 7.74. The highest BCUT2D eigenvalue weighted by molar-refractivity contribution is 6.05. The summed E-state index contributed by atoms with van der Waals surface area (Å²) in [5, 5.41) is 2.40. The maximum Gasteiger partial charge on any atom is 0.156 e. The minimum Gasteiger partial charge on any atom is -0.293 e. The molecule has 48 heavy (non-hydrogen) atoms. The summed E-state index contributed by atoms with van der Waals surface area (Å²) in [5.74, 6) is 0.871. The minimum atomic E-state index is 0.103. The monoisotopic (exact) mass is 623 g/mol. The number of aromatic nitrogens is 2. The van der Waals surface area contributed by atoms with Crippen molar-refractivity contribution in [2.75, 3.05) is 4.90 Å². The molecule has 1 heterocycles. The summed E-state index contributed by atoms with van der Waals surface area (Å²) in [5.41, 5.74) is 16.3. The average molecular weight is 624 g/mol. The Morgan fingerprint density at radius 1 is 0.562 bits per heavy atom. The maximum atomic E-state index is 4.83. The predicted molar refractivity (Wildman–Crippen MR) is 202 cm³/mol. The SMILES string of the molecule is Cc1cc(C)c(C(c2ccc(N(c3cnccn3)c3ccc4ccccc4c3-c3ccccc3)cc2)c2c(C)cc(C)cc2C)c(C)c1.